The van der Waals surface area contributed by atoms with Crippen molar-refractivity contribution < 1.29 is 9.59 Å². The number of carbonyl (C=O) groups is 2. The van der Waals surface area contributed by atoms with Crippen LogP contribution in [-0.4, -0.2) is 34.3 Å². The van der Waals surface area contributed by atoms with Crippen LogP contribution in [0, 0.1) is 5.92 Å². The zero-order chi connectivity index (χ0) is 14.2. The fourth-order valence-corrected chi connectivity index (χ4v) is 3.60. The number of nitrogens with one attached hydrogen (secondary N) is 1. The first kappa shape index (κ1) is 14.4. The average Bonchev–Trinajstić information content (AvgIpc) is 2.34. The molecule has 1 saturated carbocycles. The lowest BCUT2D eigenvalue weighted by molar-refractivity contribution is -0.159. The van der Waals surface area contributed by atoms with Gasteiger partial charge in [-0.1, -0.05) is 19.3 Å². The van der Waals surface area contributed by atoms with E-state index in [1.54, 1.807) is 4.90 Å². The third-order valence-electron chi connectivity index (χ3n) is 4.59. The van der Waals surface area contributed by atoms with E-state index in [1.807, 2.05) is 27.7 Å². The molecule has 4 nitrogen and oxygen atoms in total. The largest absolute Gasteiger partial charge is 0.342 e. The van der Waals surface area contributed by atoms with Gasteiger partial charge in [-0.3, -0.25) is 9.59 Å². The first-order chi connectivity index (χ1) is 8.85. The van der Waals surface area contributed by atoms with Gasteiger partial charge in [0, 0.05) is 6.04 Å². The van der Waals surface area contributed by atoms with Gasteiger partial charge in [0.1, 0.15) is 11.6 Å². The fourth-order valence-electron chi connectivity index (χ4n) is 3.60. The summed E-state index contributed by atoms with van der Waals surface area (Å²) < 4.78 is 0. The minimum atomic E-state index is -0.740. The molecule has 2 amide bonds. The Hall–Kier alpha value is -1.06. The highest BCUT2D eigenvalue weighted by Gasteiger charge is 2.49. The number of hydrogen-bond acceptors (Lipinski definition) is 2. The molecule has 0 aromatic carbocycles. The van der Waals surface area contributed by atoms with E-state index in [9.17, 15) is 9.59 Å². The first-order valence-corrected chi connectivity index (χ1v) is 7.50. The Labute approximate surface area is 115 Å². The van der Waals surface area contributed by atoms with Crippen molar-refractivity contribution in [2.24, 2.45) is 5.92 Å². The van der Waals surface area contributed by atoms with Crippen LogP contribution in [0.1, 0.15) is 59.8 Å². The number of hydrogen-bond donors (Lipinski definition) is 1. The summed E-state index contributed by atoms with van der Waals surface area (Å²) in [5.74, 6) is 0.408. The molecule has 0 bridgehead atoms. The number of carbonyl (C=O) groups excluding carboxylic acids is 2. The van der Waals surface area contributed by atoms with Crippen molar-refractivity contribution in [2.45, 2.75) is 77.4 Å². The second-order valence-corrected chi connectivity index (χ2v) is 6.71. The van der Waals surface area contributed by atoms with Gasteiger partial charge < -0.3 is 10.2 Å². The van der Waals surface area contributed by atoms with Gasteiger partial charge in [0.25, 0.3) is 0 Å². The van der Waals surface area contributed by atoms with E-state index in [2.05, 4.69) is 5.32 Å². The van der Waals surface area contributed by atoms with Crippen LogP contribution in [0.4, 0.5) is 0 Å². The van der Waals surface area contributed by atoms with Crippen molar-refractivity contribution in [1.82, 2.24) is 10.2 Å². The Kier molecular flexibility index (Phi) is 3.88. The third-order valence-corrected chi connectivity index (χ3v) is 4.59. The van der Waals surface area contributed by atoms with E-state index in [-0.39, 0.29) is 23.9 Å². The number of piperazine rings is 1. The zero-order valence-electron chi connectivity index (χ0n) is 12.5. The summed E-state index contributed by atoms with van der Waals surface area (Å²) in [6.07, 6.45) is 5.72. The predicted molar refractivity (Wildman–Crippen MR) is 74.6 cm³/mol. The van der Waals surface area contributed by atoms with Gasteiger partial charge in [-0.15, -0.1) is 0 Å². The second kappa shape index (κ2) is 5.14. The van der Waals surface area contributed by atoms with Crippen molar-refractivity contribution in [3.05, 3.63) is 0 Å². The minimum absolute atomic E-state index is 0.0172. The maximum Gasteiger partial charge on any atom is 0.246 e. The standard InChI is InChI=1S/C15H26N2O2/c1-10(2)17-13(18)12(11-8-6-5-7-9-11)16-14(19)15(17,3)4/h10-12H,5-9H2,1-4H3,(H,16,19). The molecule has 108 valence electrons. The van der Waals surface area contributed by atoms with Crippen LogP contribution in [-0.2, 0) is 9.59 Å². The molecule has 0 spiro atoms. The van der Waals surface area contributed by atoms with Crippen LogP contribution >= 0.6 is 0 Å². The van der Waals surface area contributed by atoms with Crippen LogP contribution in [0.15, 0.2) is 0 Å². The van der Waals surface area contributed by atoms with Crippen LogP contribution in [0.25, 0.3) is 0 Å². The SMILES string of the molecule is CC(C)N1C(=O)C(C2CCCCC2)NC(=O)C1(C)C. The van der Waals surface area contributed by atoms with E-state index in [0.717, 1.165) is 12.8 Å². The minimum Gasteiger partial charge on any atom is -0.342 e. The van der Waals surface area contributed by atoms with Gasteiger partial charge in [0.2, 0.25) is 11.8 Å². The molecule has 1 N–H and O–H groups in total. The van der Waals surface area contributed by atoms with Crippen molar-refractivity contribution in [3.63, 3.8) is 0 Å². The van der Waals surface area contributed by atoms with Gasteiger partial charge >= 0.3 is 0 Å². The van der Waals surface area contributed by atoms with Gasteiger partial charge in [-0.2, -0.15) is 0 Å². The Morgan fingerprint density at radius 2 is 1.74 bits per heavy atom. The molecule has 2 aliphatic rings. The lowest BCUT2D eigenvalue weighted by atomic mass is 9.80. The Morgan fingerprint density at radius 1 is 1.16 bits per heavy atom. The quantitative estimate of drug-likeness (QED) is 0.832. The lowest BCUT2D eigenvalue weighted by Crippen LogP contribution is -2.71. The van der Waals surface area contributed by atoms with Crippen molar-refractivity contribution in [1.29, 1.82) is 0 Å². The van der Waals surface area contributed by atoms with Gasteiger partial charge in [-0.25, -0.2) is 0 Å². The molecular weight excluding hydrogens is 240 g/mol. The van der Waals surface area contributed by atoms with Crippen molar-refractivity contribution >= 4 is 11.8 Å². The zero-order valence-corrected chi connectivity index (χ0v) is 12.5. The summed E-state index contributed by atoms with van der Waals surface area (Å²) >= 11 is 0. The summed E-state index contributed by atoms with van der Waals surface area (Å²) in [4.78, 5) is 26.8. The average molecular weight is 266 g/mol. The highest BCUT2D eigenvalue weighted by atomic mass is 16.2. The molecule has 0 aromatic heterocycles. The molecule has 1 heterocycles. The number of amides is 2. The first-order valence-electron chi connectivity index (χ1n) is 7.50. The van der Waals surface area contributed by atoms with Crippen LogP contribution in [0.2, 0.25) is 0 Å². The molecule has 19 heavy (non-hydrogen) atoms. The number of nitrogens with zero attached hydrogens (tertiary/aromatic N) is 1. The topological polar surface area (TPSA) is 49.4 Å². The smallest absolute Gasteiger partial charge is 0.246 e. The molecule has 4 heteroatoms. The summed E-state index contributed by atoms with van der Waals surface area (Å²) in [7, 11) is 0. The molecule has 2 rings (SSSR count). The van der Waals surface area contributed by atoms with Crippen LogP contribution < -0.4 is 5.32 Å². The molecule has 1 atom stereocenters. The van der Waals surface area contributed by atoms with E-state index < -0.39 is 5.54 Å². The summed E-state index contributed by atoms with van der Waals surface area (Å²) in [6, 6.07) is -0.247. The molecule has 1 unspecified atom stereocenters. The highest BCUT2D eigenvalue weighted by molar-refractivity contribution is 5.99. The summed E-state index contributed by atoms with van der Waals surface area (Å²) in [5, 5.41) is 2.98. The van der Waals surface area contributed by atoms with E-state index in [1.165, 1.54) is 19.3 Å². The van der Waals surface area contributed by atoms with E-state index in [4.69, 9.17) is 0 Å². The summed E-state index contributed by atoms with van der Waals surface area (Å²) in [5.41, 5.74) is -0.740. The van der Waals surface area contributed by atoms with Crippen molar-refractivity contribution in [2.75, 3.05) is 0 Å². The molecule has 2 fully saturated rings. The molecule has 0 aromatic rings. The van der Waals surface area contributed by atoms with Crippen LogP contribution in [0.3, 0.4) is 0 Å². The van der Waals surface area contributed by atoms with Gasteiger partial charge in [-0.05, 0) is 46.5 Å². The molecule has 1 aliphatic carbocycles. The molecule has 1 aliphatic heterocycles. The Morgan fingerprint density at radius 3 is 2.26 bits per heavy atom. The normalized spacial score (nSPS) is 28.7. The Balaban J connectivity index is 2.23. The predicted octanol–water partition coefficient (Wildman–Crippen LogP) is 2.08. The molecule has 1 saturated heterocycles. The van der Waals surface area contributed by atoms with Gasteiger partial charge in [0.05, 0.1) is 0 Å². The van der Waals surface area contributed by atoms with Crippen LogP contribution in [0.5, 0.6) is 0 Å². The monoisotopic (exact) mass is 266 g/mol. The summed E-state index contributed by atoms with van der Waals surface area (Å²) in [6.45, 7) is 7.63. The third kappa shape index (κ3) is 2.49. The van der Waals surface area contributed by atoms with Gasteiger partial charge in [0.15, 0.2) is 0 Å². The highest BCUT2D eigenvalue weighted by Crippen LogP contribution is 2.32. The number of rotatable bonds is 2. The van der Waals surface area contributed by atoms with Crippen molar-refractivity contribution in [3.8, 4) is 0 Å². The maximum atomic E-state index is 12.7. The maximum absolute atomic E-state index is 12.7. The van der Waals surface area contributed by atoms with E-state index in [0.29, 0.717) is 5.92 Å². The Bertz CT molecular complexity index is 370. The molecular formula is C15H26N2O2. The fraction of sp³-hybridized carbons (Fsp3) is 0.867. The molecule has 0 radical (unpaired) electrons. The second-order valence-electron chi connectivity index (χ2n) is 6.71. The van der Waals surface area contributed by atoms with E-state index >= 15 is 0 Å². The lowest BCUT2D eigenvalue weighted by Gasteiger charge is -2.48.